The maximum Gasteiger partial charge on any atom is 0 e. The average molecular weight is 216 g/mol. The van der Waals surface area contributed by atoms with Crippen LogP contribution >= 0.6 is 7.82 Å². The van der Waals surface area contributed by atoms with Gasteiger partial charge in [0.2, 0.25) is 0 Å². The fourth-order valence-electron chi connectivity index (χ4n) is 0. The van der Waals surface area contributed by atoms with Crippen molar-refractivity contribution in [1.29, 1.82) is 0 Å². The Bertz CT molecular complexity index is 62.7. The van der Waals surface area contributed by atoms with Gasteiger partial charge in [0.05, 0.1) is 0 Å². The summed E-state index contributed by atoms with van der Waals surface area (Å²) in [5.41, 5.74) is 0. The first kappa shape index (κ1) is 30.0. The van der Waals surface area contributed by atoms with E-state index in [-0.39, 0.29) is 74.8 Å². The van der Waals surface area contributed by atoms with E-state index in [9.17, 15) is 0 Å². The molecule has 0 fully saturated rings. The van der Waals surface area contributed by atoms with Crippen LogP contribution in [0.25, 0.3) is 0 Å². The predicted octanol–water partition coefficient (Wildman–Crippen LogP) is -2.23. The normalized spacial score (nSPS) is 6.56. The Labute approximate surface area is 101 Å². The van der Waals surface area contributed by atoms with Crippen LogP contribution in [0.2, 0.25) is 0 Å². The van der Waals surface area contributed by atoms with Crippen LogP contribution < -0.4 is 0 Å². The first-order valence-corrected chi connectivity index (χ1v) is 2.35. The zero-order valence-corrected chi connectivity index (χ0v) is 6.78. The quantitative estimate of drug-likeness (QED) is 0.316. The zero-order valence-electron chi connectivity index (χ0n) is 3.09. The third kappa shape index (κ3) is 123. The molecular formula is H5Li2O4PV2. The summed E-state index contributed by atoms with van der Waals surface area (Å²) in [6, 6.07) is 0. The van der Waals surface area contributed by atoms with Crippen LogP contribution in [0.15, 0.2) is 0 Å². The van der Waals surface area contributed by atoms with Gasteiger partial charge in [-0.15, -0.1) is 0 Å². The molecule has 0 heterocycles. The van der Waals surface area contributed by atoms with Crippen LogP contribution in [0.4, 0.5) is 0 Å². The molecule has 9 heteroatoms. The summed E-state index contributed by atoms with van der Waals surface area (Å²) in [5, 5.41) is 0. The second kappa shape index (κ2) is 13.1. The van der Waals surface area contributed by atoms with Crippen LogP contribution in [-0.4, -0.2) is 52.4 Å². The molecule has 0 aliphatic heterocycles. The van der Waals surface area contributed by atoms with Crippen molar-refractivity contribution < 1.29 is 56.4 Å². The molecule has 0 aromatic rings. The van der Waals surface area contributed by atoms with E-state index in [1.54, 1.807) is 0 Å². The average Bonchev–Trinajstić information content (AvgIpc) is 0.722. The zero-order chi connectivity index (χ0) is 4.50. The van der Waals surface area contributed by atoms with Crippen molar-refractivity contribution >= 4 is 45.5 Å². The first-order valence-electron chi connectivity index (χ1n) is 0.783. The largest absolute Gasteiger partial charge is 0 e. The third-order valence-electron chi connectivity index (χ3n) is 0. The van der Waals surface area contributed by atoms with Crippen molar-refractivity contribution in [2.75, 3.05) is 0 Å². The van der Waals surface area contributed by atoms with Crippen molar-refractivity contribution in [2.45, 2.75) is 0 Å². The Hall–Kier alpha value is 2.47. The third-order valence-corrected chi connectivity index (χ3v) is 0. The second-order valence-corrected chi connectivity index (χ2v) is 1.54. The molecule has 0 atom stereocenters. The van der Waals surface area contributed by atoms with E-state index in [0.717, 1.165) is 0 Å². The molecular weight excluding hydrogens is 211 g/mol. The summed E-state index contributed by atoms with van der Waals surface area (Å²) < 4.78 is 8.88. The van der Waals surface area contributed by atoms with E-state index < -0.39 is 7.82 Å². The van der Waals surface area contributed by atoms with Crippen LogP contribution in [0, 0.1) is 0 Å². The van der Waals surface area contributed by atoms with Gasteiger partial charge in [-0.05, 0) is 0 Å². The van der Waals surface area contributed by atoms with Crippen molar-refractivity contribution in [3.8, 4) is 0 Å². The molecule has 0 aromatic carbocycles. The van der Waals surface area contributed by atoms with E-state index in [4.69, 9.17) is 19.2 Å². The minimum Gasteiger partial charge on any atom is 0 e. The number of hydrogen-bond acceptors (Lipinski definition) is 1. The molecule has 4 nitrogen and oxygen atoms in total. The van der Waals surface area contributed by atoms with Gasteiger partial charge in [0, 0.05) is 37.1 Å². The first-order chi connectivity index (χ1) is 2.00. The molecule has 46 valence electrons. The van der Waals surface area contributed by atoms with Crippen LogP contribution in [-0.2, 0) is 41.7 Å². The molecule has 0 saturated heterocycles. The van der Waals surface area contributed by atoms with Crippen molar-refractivity contribution in [1.82, 2.24) is 0 Å². The van der Waals surface area contributed by atoms with Crippen molar-refractivity contribution in [2.24, 2.45) is 0 Å². The Morgan fingerprint density at radius 3 is 0.889 bits per heavy atom. The van der Waals surface area contributed by atoms with Crippen LogP contribution in [0.5, 0.6) is 0 Å². The number of phosphoric acid groups is 1. The molecule has 2 radical (unpaired) electrons. The summed E-state index contributed by atoms with van der Waals surface area (Å²) in [7, 11) is -4.64. The predicted molar refractivity (Wildman–Crippen MR) is 28.6 cm³/mol. The molecule has 0 rings (SSSR count). The molecule has 3 N–H and O–H groups in total. The molecule has 0 aliphatic rings. The van der Waals surface area contributed by atoms with Crippen molar-refractivity contribution in [3.63, 3.8) is 0 Å². The number of hydrogen-bond donors (Lipinski definition) is 3. The van der Waals surface area contributed by atoms with Gasteiger partial charge in [-0.3, -0.25) is 0 Å². The van der Waals surface area contributed by atoms with E-state index in [2.05, 4.69) is 0 Å². The van der Waals surface area contributed by atoms with Crippen molar-refractivity contribution in [3.05, 3.63) is 0 Å². The molecule has 0 spiro atoms. The number of rotatable bonds is 0. The maximum absolute atomic E-state index is 8.88. The summed E-state index contributed by atoms with van der Waals surface area (Å²) in [4.78, 5) is 21.6. The van der Waals surface area contributed by atoms with Crippen LogP contribution in [0.1, 0.15) is 0 Å². The van der Waals surface area contributed by atoms with Gasteiger partial charge >= 0.3 is 45.5 Å². The Morgan fingerprint density at radius 2 is 0.889 bits per heavy atom. The van der Waals surface area contributed by atoms with E-state index in [0.29, 0.717) is 0 Å². The molecule has 0 aliphatic carbocycles. The topological polar surface area (TPSA) is 77.8 Å². The van der Waals surface area contributed by atoms with Gasteiger partial charge in [0.15, 0.2) is 0 Å². The van der Waals surface area contributed by atoms with E-state index >= 15 is 0 Å². The SMILES string of the molecule is O=P(O)(O)O.[LiH].[LiH].[V].[V]. The fraction of sp³-hybridized carbons (Fsp3) is 0. The van der Waals surface area contributed by atoms with Gasteiger partial charge in [0.25, 0.3) is 0 Å². The second-order valence-electron chi connectivity index (χ2n) is 0.513. The molecule has 0 amide bonds. The molecule has 9 heavy (non-hydrogen) atoms. The monoisotopic (exact) mass is 216 g/mol. The Balaban J connectivity index is -0.0000000133. The molecule has 0 saturated carbocycles. The van der Waals surface area contributed by atoms with Crippen LogP contribution in [0.3, 0.4) is 0 Å². The van der Waals surface area contributed by atoms with Gasteiger partial charge in [-0.25, -0.2) is 4.57 Å². The molecule has 0 bridgehead atoms. The van der Waals surface area contributed by atoms with E-state index in [1.807, 2.05) is 0 Å². The fourth-order valence-corrected chi connectivity index (χ4v) is 0. The van der Waals surface area contributed by atoms with Gasteiger partial charge < -0.3 is 14.7 Å². The Kier molecular flexibility index (Phi) is 43.7. The van der Waals surface area contributed by atoms with Gasteiger partial charge in [0.1, 0.15) is 0 Å². The summed E-state index contributed by atoms with van der Waals surface area (Å²) in [5.74, 6) is 0. The van der Waals surface area contributed by atoms with Gasteiger partial charge in [-0.2, -0.15) is 0 Å². The smallest absolute Gasteiger partial charge is 0 e. The standard InChI is InChI=1S/2Li.H3O4P.2V.2H/c;;1-5(2,3)4;;;;/h;;(H3,1,2,3,4);;;;. The minimum atomic E-state index is -4.64. The maximum atomic E-state index is 8.88. The summed E-state index contributed by atoms with van der Waals surface area (Å²) in [6.07, 6.45) is 0. The molecule has 0 unspecified atom stereocenters. The summed E-state index contributed by atoms with van der Waals surface area (Å²) >= 11 is 0. The molecule has 0 aromatic heterocycles. The Morgan fingerprint density at radius 1 is 0.889 bits per heavy atom. The minimum absolute atomic E-state index is 0. The van der Waals surface area contributed by atoms with Gasteiger partial charge in [-0.1, -0.05) is 0 Å². The summed E-state index contributed by atoms with van der Waals surface area (Å²) in [6.45, 7) is 0. The van der Waals surface area contributed by atoms with E-state index in [1.165, 1.54) is 0 Å².